The molecule has 0 aromatic carbocycles. The van der Waals surface area contributed by atoms with E-state index < -0.39 is 0 Å². The van der Waals surface area contributed by atoms with Crippen molar-refractivity contribution in [2.24, 2.45) is 4.99 Å². The van der Waals surface area contributed by atoms with Gasteiger partial charge in [-0.25, -0.2) is 0 Å². The van der Waals surface area contributed by atoms with Crippen molar-refractivity contribution in [1.82, 2.24) is 15.1 Å². The highest BCUT2D eigenvalue weighted by atomic mass is 16.5. The fourth-order valence-electron chi connectivity index (χ4n) is 3.82. The number of likely N-dealkylation sites (N-methyl/N-ethyl adjacent to an activating group) is 1. The third kappa shape index (κ3) is 7.64. The van der Waals surface area contributed by atoms with E-state index in [0.717, 1.165) is 76.9 Å². The molecule has 1 fully saturated rings. The van der Waals surface area contributed by atoms with E-state index in [1.54, 1.807) is 13.4 Å². The molecule has 1 aromatic rings. The number of piperidine rings is 1. The lowest BCUT2D eigenvalue weighted by molar-refractivity contribution is 0.00988. The van der Waals surface area contributed by atoms with Crippen LogP contribution in [0.15, 0.2) is 27.8 Å². The summed E-state index contributed by atoms with van der Waals surface area (Å²) in [6.07, 6.45) is 5.13. The maximum absolute atomic E-state index is 5.99. The molecule has 1 saturated heterocycles. The number of furan rings is 1. The molecule has 1 atom stereocenters. The maximum Gasteiger partial charge on any atom is 0.193 e. The normalized spacial score (nSPS) is 17.1. The van der Waals surface area contributed by atoms with E-state index in [-0.39, 0.29) is 6.04 Å². The van der Waals surface area contributed by atoms with Crippen LogP contribution in [-0.4, -0.2) is 81.5 Å². The lowest BCUT2D eigenvalue weighted by atomic mass is 10.1. The van der Waals surface area contributed by atoms with Crippen molar-refractivity contribution in [3.8, 4) is 0 Å². The molecule has 0 amide bonds. The summed E-state index contributed by atoms with van der Waals surface area (Å²) >= 11 is 0. The fourth-order valence-corrected chi connectivity index (χ4v) is 3.82. The predicted octanol–water partition coefficient (Wildman–Crippen LogP) is 3.15. The van der Waals surface area contributed by atoms with Crippen LogP contribution in [0.2, 0.25) is 0 Å². The highest BCUT2D eigenvalue weighted by molar-refractivity contribution is 5.80. The SMILES string of the molecule is CCNC(=NCC(c1ccco1)N(CC)CC)N1CCC(OCCCOC)CC1. The van der Waals surface area contributed by atoms with Crippen LogP contribution in [0, 0.1) is 0 Å². The van der Waals surface area contributed by atoms with E-state index in [0.29, 0.717) is 12.6 Å². The Balaban J connectivity index is 1.94. The van der Waals surface area contributed by atoms with Crippen molar-refractivity contribution in [2.45, 2.75) is 52.2 Å². The lowest BCUT2D eigenvalue weighted by Gasteiger charge is -2.34. The van der Waals surface area contributed by atoms with Gasteiger partial charge in [0.1, 0.15) is 5.76 Å². The molecule has 2 heterocycles. The van der Waals surface area contributed by atoms with Crippen LogP contribution in [0.25, 0.3) is 0 Å². The van der Waals surface area contributed by atoms with E-state index >= 15 is 0 Å². The number of methoxy groups -OCH3 is 1. The number of nitrogens with one attached hydrogen (secondary N) is 1. The molecule has 1 aromatic heterocycles. The van der Waals surface area contributed by atoms with Gasteiger partial charge in [-0.05, 0) is 51.4 Å². The van der Waals surface area contributed by atoms with Crippen LogP contribution < -0.4 is 5.32 Å². The van der Waals surface area contributed by atoms with Crippen molar-refractivity contribution in [3.05, 3.63) is 24.2 Å². The van der Waals surface area contributed by atoms with Gasteiger partial charge in [0.05, 0.1) is 25.0 Å². The van der Waals surface area contributed by atoms with Gasteiger partial charge in [-0.3, -0.25) is 9.89 Å². The average Bonchev–Trinajstić information content (AvgIpc) is 3.28. The summed E-state index contributed by atoms with van der Waals surface area (Å²) in [5, 5.41) is 3.47. The molecule has 0 bridgehead atoms. The molecule has 166 valence electrons. The van der Waals surface area contributed by atoms with Gasteiger partial charge in [-0.2, -0.15) is 0 Å². The van der Waals surface area contributed by atoms with Gasteiger partial charge in [-0.1, -0.05) is 13.8 Å². The minimum Gasteiger partial charge on any atom is -0.468 e. The molecule has 2 rings (SSSR count). The van der Waals surface area contributed by atoms with Crippen molar-refractivity contribution in [1.29, 1.82) is 0 Å². The van der Waals surface area contributed by atoms with Gasteiger partial charge in [0.15, 0.2) is 5.96 Å². The molecule has 1 N–H and O–H groups in total. The number of likely N-dealkylation sites (tertiary alicyclic amines) is 1. The van der Waals surface area contributed by atoms with Crippen LogP contribution in [-0.2, 0) is 9.47 Å². The smallest absolute Gasteiger partial charge is 0.193 e. The quantitative estimate of drug-likeness (QED) is 0.326. The van der Waals surface area contributed by atoms with Gasteiger partial charge in [0.25, 0.3) is 0 Å². The summed E-state index contributed by atoms with van der Waals surface area (Å²) in [6, 6.07) is 4.17. The summed E-state index contributed by atoms with van der Waals surface area (Å²) in [4.78, 5) is 9.75. The molecule has 29 heavy (non-hydrogen) atoms. The van der Waals surface area contributed by atoms with E-state index in [1.807, 2.05) is 6.07 Å². The van der Waals surface area contributed by atoms with E-state index in [2.05, 4.69) is 42.0 Å². The van der Waals surface area contributed by atoms with Crippen LogP contribution in [0.5, 0.6) is 0 Å². The molecule has 0 spiro atoms. The van der Waals surface area contributed by atoms with Crippen LogP contribution >= 0.6 is 0 Å². The number of hydrogen-bond acceptors (Lipinski definition) is 5. The Labute approximate surface area is 176 Å². The molecule has 1 unspecified atom stereocenters. The van der Waals surface area contributed by atoms with Crippen molar-refractivity contribution in [3.63, 3.8) is 0 Å². The first-order chi connectivity index (χ1) is 14.2. The summed E-state index contributed by atoms with van der Waals surface area (Å²) in [7, 11) is 1.73. The van der Waals surface area contributed by atoms with Crippen molar-refractivity contribution >= 4 is 5.96 Å². The Bertz CT molecular complexity index is 552. The summed E-state index contributed by atoms with van der Waals surface area (Å²) < 4.78 is 16.8. The second-order valence-corrected chi connectivity index (χ2v) is 7.35. The molecule has 0 radical (unpaired) electrons. The number of ether oxygens (including phenoxy) is 2. The fraction of sp³-hybridized carbons (Fsp3) is 0.773. The first-order valence-electron chi connectivity index (χ1n) is 11.1. The van der Waals surface area contributed by atoms with E-state index in [4.69, 9.17) is 18.9 Å². The number of hydrogen-bond donors (Lipinski definition) is 1. The van der Waals surface area contributed by atoms with Crippen LogP contribution in [0.3, 0.4) is 0 Å². The predicted molar refractivity (Wildman–Crippen MR) is 117 cm³/mol. The van der Waals surface area contributed by atoms with Gasteiger partial charge >= 0.3 is 0 Å². The molecule has 0 aliphatic carbocycles. The average molecular weight is 409 g/mol. The van der Waals surface area contributed by atoms with Gasteiger partial charge < -0.3 is 24.1 Å². The maximum atomic E-state index is 5.99. The lowest BCUT2D eigenvalue weighted by Crippen LogP contribution is -2.47. The third-order valence-electron chi connectivity index (χ3n) is 5.46. The van der Waals surface area contributed by atoms with Crippen LogP contribution in [0.4, 0.5) is 0 Å². The minimum atomic E-state index is 0.162. The highest BCUT2D eigenvalue weighted by Crippen LogP contribution is 2.22. The zero-order valence-corrected chi connectivity index (χ0v) is 18.7. The topological polar surface area (TPSA) is 62.5 Å². The molecule has 1 aliphatic heterocycles. The second-order valence-electron chi connectivity index (χ2n) is 7.35. The number of nitrogens with zero attached hydrogens (tertiary/aromatic N) is 3. The van der Waals surface area contributed by atoms with Crippen molar-refractivity contribution < 1.29 is 13.9 Å². The Kier molecular flexibility index (Phi) is 11.1. The van der Waals surface area contributed by atoms with Crippen LogP contribution in [0.1, 0.15) is 51.8 Å². The van der Waals surface area contributed by atoms with Crippen molar-refractivity contribution in [2.75, 3.05) is 59.6 Å². The van der Waals surface area contributed by atoms with Gasteiger partial charge in [0.2, 0.25) is 0 Å². The monoisotopic (exact) mass is 408 g/mol. The van der Waals surface area contributed by atoms with Gasteiger partial charge in [-0.15, -0.1) is 0 Å². The Morgan fingerprint density at radius 1 is 1.28 bits per heavy atom. The molecule has 7 heteroatoms. The minimum absolute atomic E-state index is 0.162. The first kappa shape index (κ1) is 23.7. The zero-order chi connectivity index (χ0) is 20.9. The number of guanidine groups is 1. The van der Waals surface area contributed by atoms with E-state index in [9.17, 15) is 0 Å². The highest BCUT2D eigenvalue weighted by Gasteiger charge is 2.24. The molecule has 0 saturated carbocycles. The molecule has 1 aliphatic rings. The Morgan fingerprint density at radius 2 is 2.03 bits per heavy atom. The second kappa shape index (κ2) is 13.6. The standard InChI is InChI=1S/C22H40N4O3/c1-5-23-22(26-13-11-19(12-14-26)28-17-9-15-27-4)24-18-20(25(6-2)7-3)21-10-8-16-29-21/h8,10,16,19-20H,5-7,9,11-15,17-18H2,1-4H3,(H,23,24). The van der Waals surface area contributed by atoms with E-state index in [1.165, 1.54) is 0 Å². The molecule has 7 nitrogen and oxygen atoms in total. The Hall–Kier alpha value is -1.57. The number of aliphatic imine (C=N–C) groups is 1. The number of rotatable bonds is 12. The summed E-state index contributed by atoms with van der Waals surface area (Å²) in [5.74, 6) is 1.98. The third-order valence-corrected chi connectivity index (χ3v) is 5.46. The molecular weight excluding hydrogens is 368 g/mol. The zero-order valence-electron chi connectivity index (χ0n) is 18.7. The molecular formula is C22H40N4O3. The van der Waals surface area contributed by atoms with Gasteiger partial charge in [0, 0.05) is 40.0 Å². The Morgan fingerprint density at radius 3 is 2.62 bits per heavy atom. The summed E-state index contributed by atoms with van der Waals surface area (Å²) in [5.41, 5.74) is 0. The summed E-state index contributed by atoms with van der Waals surface area (Å²) in [6.45, 7) is 13.5. The first-order valence-corrected chi connectivity index (χ1v) is 11.1. The largest absolute Gasteiger partial charge is 0.468 e.